The fourth-order valence-electron chi connectivity index (χ4n) is 1.93. The Balaban J connectivity index is 1.96. The van der Waals surface area contributed by atoms with Crippen LogP contribution in [0.3, 0.4) is 0 Å². The summed E-state index contributed by atoms with van der Waals surface area (Å²) in [5, 5.41) is 12.2. The zero-order valence-electron chi connectivity index (χ0n) is 9.74. The number of benzene rings is 1. The molecule has 0 aliphatic heterocycles. The lowest BCUT2D eigenvalue weighted by molar-refractivity contribution is -0.140. The highest BCUT2D eigenvalue weighted by molar-refractivity contribution is 9.10. The van der Waals surface area contributed by atoms with Gasteiger partial charge in [-0.25, -0.2) is 0 Å². The molecule has 0 bridgehead atoms. The Kier molecular flexibility index (Phi) is 3.84. The molecule has 0 aromatic heterocycles. The summed E-state index contributed by atoms with van der Waals surface area (Å²) in [5.74, 6) is -0.412. The quantitative estimate of drug-likeness (QED) is 0.878. The Morgan fingerprint density at radius 3 is 2.82 bits per heavy atom. The summed E-state index contributed by atoms with van der Waals surface area (Å²) in [7, 11) is 0. The van der Waals surface area contributed by atoms with Crippen molar-refractivity contribution in [2.24, 2.45) is 5.92 Å². The van der Waals surface area contributed by atoms with E-state index in [0.29, 0.717) is 12.5 Å². The maximum Gasteiger partial charge on any atom is 0.320 e. The molecule has 0 amide bonds. The van der Waals surface area contributed by atoms with Crippen LogP contribution in [-0.2, 0) is 11.3 Å². The topological polar surface area (TPSA) is 49.3 Å². The highest BCUT2D eigenvalue weighted by Crippen LogP contribution is 2.32. The minimum atomic E-state index is -0.735. The Hall–Kier alpha value is -0.870. The summed E-state index contributed by atoms with van der Waals surface area (Å²) in [5.41, 5.74) is 2.29. The van der Waals surface area contributed by atoms with Crippen molar-refractivity contribution < 1.29 is 9.90 Å². The lowest BCUT2D eigenvalue weighted by Gasteiger charge is -2.13. The Bertz CT molecular complexity index is 429. The molecule has 2 N–H and O–H groups in total. The average Bonchev–Trinajstić information content (AvgIpc) is 3.07. The van der Waals surface area contributed by atoms with Crippen LogP contribution >= 0.6 is 15.9 Å². The van der Waals surface area contributed by atoms with Crippen molar-refractivity contribution in [3.63, 3.8) is 0 Å². The number of carboxylic acids is 1. The SMILES string of the molecule is Cc1cc(CNC(C(=O)O)C2CC2)ccc1Br. The summed E-state index contributed by atoms with van der Waals surface area (Å²) < 4.78 is 1.08. The van der Waals surface area contributed by atoms with Gasteiger partial charge >= 0.3 is 5.97 Å². The zero-order chi connectivity index (χ0) is 12.4. The molecule has 0 saturated heterocycles. The van der Waals surface area contributed by atoms with Crippen LogP contribution in [-0.4, -0.2) is 17.1 Å². The van der Waals surface area contributed by atoms with Crippen LogP contribution in [0.2, 0.25) is 0 Å². The third-order valence-electron chi connectivity index (χ3n) is 3.11. The molecule has 3 nitrogen and oxygen atoms in total. The second kappa shape index (κ2) is 5.19. The van der Waals surface area contributed by atoms with E-state index in [-0.39, 0.29) is 6.04 Å². The lowest BCUT2D eigenvalue weighted by Crippen LogP contribution is -2.38. The summed E-state index contributed by atoms with van der Waals surface area (Å²) in [6, 6.07) is 5.69. The van der Waals surface area contributed by atoms with Gasteiger partial charge in [0.1, 0.15) is 6.04 Å². The predicted octanol–water partition coefficient (Wildman–Crippen LogP) is 2.71. The van der Waals surface area contributed by atoms with Crippen molar-refractivity contribution in [3.05, 3.63) is 33.8 Å². The molecule has 4 heteroatoms. The summed E-state index contributed by atoms with van der Waals surface area (Å²) in [6.45, 7) is 2.64. The fourth-order valence-corrected chi connectivity index (χ4v) is 2.18. The van der Waals surface area contributed by atoms with Gasteiger partial charge in [-0.2, -0.15) is 0 Å². The molecule has 1 saturated carbocycles. The van der Waals surface area contributed by atoms with Crippen molar-refractivity contribution in [2.45, 2.75) is 32.4 Å². The maximum absolute atomic E-state index is 11.1. The Labute approximate surface area is 109 Å². The van der Waals surface area contributed by atoms with Gasteiger partial charge in [0.05, 0.1) is 0 Å². The van der Waals surface area contributed by atoms with E-state index in [1.165, 1.54) is 5.56 Å². The number of carboxylic acid groups (broad SMARTS) is 1. The predicted molar refractivity (Wildman–Crippen MR) is 69.9 cm³/mol. The van der Waals surface area contributed by atoms with E-state index in [2.05, 4.69) is 27.3 Å². The van der Waals surface area contributed by atoms with E-state index in [1.54, 1.807) is 0 Å². The number of nitrogens with one attached hydrogen (secondary N) is 1. The Morgan fingerprint density at radius 2 is 2.29 bits per heavy atom. The maximum atomic E-state index is 11.1. The van der Waals surface area contributed by atoms with Crippen molar-refractivity contribution >= 4 is 21.9 Å². The number of aliphatic carboxylic acids is 1. The second-order valence-electron chi connectivity index (χ2n) is 4.62. The molecular formula is C13H16BrNO2. The van der Waals surface area contributed by atoms with E-state index < -0.39 is 5.97 Å². The molecule has 0 heterocycles. The van der Waals surface area contributed by atoms with Crippen LogP contribution in [0.5, 0.6) is 0 Å². The Morgan fingerprint density at radius 1 is 1.59 bits per heavy atom. The molecule has 1 aromatic carbocycles. The largest absolute Gasteiger partial charge is 0.480 e. The molecule has 17 heavy (non-hydrogen) atoms. The summed E-state index contributed by atoms with van der Waals surface area (Å²) >= 11 is 3.45. The highest BCUT2D eigenvalue weighted by Gasteiger charge is 2.35. The van der Waals surface area contributed by atoms with Crippen LogP contribution in [0.15, 0.2) is 22.7 Å². The lowest BCUT2D eigenvalue weighted by atomic mass is 10.1. The van der Waals surface area contributed by atoms with Crippen LogP contribution in [0, 0.1) is 12.8 Å². The first-order valence-electron chi connectivity index (χ1n) is 5.79. The van der Waals surface area contributed by atoms with Crippen LogP contribution < -0.4 is 5.32 Å². The molecular weight excluding hydrogens is 282 g/mol. The first-order chi connectivity index (χ1) is 8.08. The molecule has 2 rings (SSSR count). The van der Waals surface area contributed by atoms with Crippen molar-refractivity contribution in [3.8, 4) is 0 Å². The minimum absolute atomic E-state index is 0.323. The van der Waals surface area contributed by atoms with Crippen molar-refractivity contribution in [1.82, 2.24) is 5.32 Å². The number of halogens is 1. The average molecular weight is 298 g/mol. The molecule has 0 spiro atoms. The summed E-state index contributed by atoms with van der Waals surface area (Å²) in [6.07, 6.45) is 2.06. The number of carbonyl (C=O) groups is 1. The normalized spacial score (nSPS) is 16.8. The molecule has 1 atom stereocenters. The molecule has 1 aliphatic carbocycles. The number of hydrogen-bond acceptors (Lipinski definition) is 2. The molecule has 0 radical (unpaired) electrons. The van der Waals surface area contributed by atoms with Gasteiger partial charge in [0.15, 0.2) is 0 Å². The van der Waals surface area contributed by atoms with Gasteiger partial charge < -0.3 is 10.4 Å². The number of aryl methyl sites for hydroxylation is 1. The van der Waals surface area contributed by atoms with Crippen molar-refractivity contribution in [1.29, 1.82) is 0 Å². The molecule has 92 valence electrons. The van der Waals surface area contributed by atoms with E-state index in [0.717, 1.165) is 22.9 Å². The van der Waals surface area contributed by atoms with E-state index >= 15 is 0 Å². The smallest absolute Gasteiger partial charge is 0.320 e. The minimum Gasteiger partial charge on any atom is -0.480 e. The van der Waals surface area contributed by atoms with Gasteiger partial charge in [-0.3, -0.25) is 4.79 Å². The fraction of sp³-hybridized carbons (Fsp3) is 0.462. The third-order valence-corrected chi connectivity index (χ3v) is 4.00. The molecule has 1 aliphatic rings. The van der Waals surface area contributed by atoms with Gasteiger partial charge in [-0.15, -0.1) is 0 Å². The standard InChI is InChI=1S/C13H16BrNO2/c1-8-6-9(2-5-11(8)14)7-15-12(13(16)17)10-3-4-10/h2,5-6,10,12,15H,3-4,7H2,1H3,(H,16,17). The van der Waals surface area contributed by atoms with Crippen LogP contribution in [0.4, 0.5) is 0 Å². The second-order valence-corrected chi connectivity index (χ2v) is 5.47. The van der Waals surface area contributed by atoms with Gasteiger partial charge in [-0.05, 0) is 42.9 Å². The third kappa shape index (κ3) is 3.30. The number of rotatable bonds is 5. The molecule has 1 fully saturated rings. The zero-order valence-corrected chi connectivity index (χ0v) is 11.3. The van der Waals surface area contributed by atoms with Crippen LogP contribution in [0.25, 0.3) is 0 Å². The van der Waals surface area contributed by atoms with Gasteiger partial charge in [0, 0.05) is 11.0 Å². The van der Waals surface area contributed by atoms with Gasteiger partial charge in [0.2, 0.25) is 0 Å². The molecule has 1 unspecified atom stereocenters. The monoisotopic (exact) mass is 297 g/mol. The summed E-state index contributed by atoms with van der Waals surface area (Å²) in [4.78, 5) is 11.1. The van der Waals surface area contributed by atoms with Crippen molar-refractivity contribution in [2.75, 3.05) is 0 Å². The van der Waals surface area contributed by atoms with Gasteiger partial charge in [-0.1, -0.05) is 28.1 Å². The highest BCUT2D eigenvalue weighted by atomic mass is 79.9. The van der Waals surface area contributed by atoms with Gasteiger partial charge in [0.25, 0.3) is 0 Å². The van der Waals surface area contributed by atoms with E-state index in [4.69, 9.17) is 5.11 Å². The van der Waals surface area contributed by atoms with E-state index in [9.17, 15) is 4.79 Å². The van der Waals surface area contributed by atoms with E-state index in [1.807, 2.05) is 19.1 Å². The number of hydrogen-bond donors (Lipinski definition) is 2. The first-order valence-corrected chi connectivity index (χ1v) is 6.58. The first kappa shape index (κ1) is 12.6. The van der Waals surface area contributed by atoms with Crippen LogP contribution in [0.1, 0.15) is 24.0 Å². The molecule has 1 aromatic rings.